The summed E-state index contributed by atoms with van der Waals surface area (Å²) >= 11 is 0. The Bertz CT molecular complexity index is 643. The molecule has 254 valence electrons. The molecule has 0 fully saturated rings. The van der Waals surface area contributed by atoms with Gasteiger partial charge in [0.15, 0.2) is 5.78 Å². The molecule has 4 nitrogen and oxygen atoms in total. The van der Waals surface area contributed by atoms with E-state index in [1.807, 2.05) is 0 Å². The van der Waals surface area contributed by atoms with Crippen molar-refractivity contribution in [1.82, 2.24) is 0 Å². The Morgan fingerprint density at radius 3 is 1.33 bits per heavy atom. The van der Waals surface area contributed by atoms with Gasteiger partial charge in [-0.2, -0.15) is 0 Å². The number of hydrogen-bond acceptors (Lipinski definition) is 4. The van der Waals surface area contributed by atoms with E-state index in [-0.39, 0.29) is 13.0 Å². The second-order valence-corrected chi connectivity index (χ2v) is 13.7. The highest BCUT2D eigenvalue weighted by Crippen LogP contribution is 2.21. The molecule has 0 spiro atoms. The highest BCUT2D eigenvalue weighted by Gasteiger charge is 2.43. The first-order valence-corrected chi connectivity index (χ1v) is 18.9. The highest BCUT2D eigenvalue weighted by atomic mass is 16.5. The summed E-state index contributed by atoms with van der Waals surface area (Å²) in [5.74, 6) is -0.595. The summed E-state index contributed by atoms with van der Waals surface area (Å²) < 4.78 is 5.36. The molecule has 0 saturated carbocycles. The minimum absolute atomic E-state index is 0.118. The van der Waals surface area contributed by atoms with Crippen molar-refractivity contribution in [3.63, 3.8) is 0 Å². The zero-order valence-electron chi connectivity index (χ0n) is 29.2. The van der Waals surface area contributed by atoms with E-state index in [0.717, 1.165) is 44.1 Å². The van der Waals surface area contributed by atoms with Crippen LogP contribution < -0.4 is 0 Å². The minimum Gasteiger partial charge on any atom is -0.463 e. The van der Waals surface area contributed by atoms with Gasteiger partial charge in [0.2, 0.25) is 5.60 Å². The van der Waals surface area contributed by atoms with E-state index in [1.54, 1.807) is 0 Å². The third-order valence-electron chi connectivity index (χ3n) is 8.98. The Morgan fingerprint density at radius 2 is 0.953 bits per heavy atom. The standard InChI is InChI=1S/C39H74O4/c1-5-7-8-9-10-11-12-13-16-19-22-25-28-31-34-39(42,37(40)6-2)38(41)43-35-32-29-26-23-20-17-14-15-18-21-24-27-30-33-36(3)4/h6,36,42H,2,5,7-35H2,1,3-4H3. The third-order valence-corrected chi connectivity index (χ3v) is 8.98. The van der Waals surface area contributed by atoms with Gasteiger partial charge in [-0.1, -0.05) is 194 Å². The second kappa shape index (κ2) is 30.8. The number of ether oxygens (including phenoxy) is 1. The molecule has 43 heavy (non-hydrogen) atoms. The first-order valence-electron chi connectivity index (χ1n) is 18.9. The van der Waals surface area contributed by atoms with Crippen molar-refractivity contribution in [3.05, 3.63) is 12.7 Å². The van der Waals surface area contributed by atoms with Crippen LogP contribution in [-0.4, -0.2) is 29.1 Å². The summed E-state index contributed by atoms with van der Waals surface area (Å²) in [6, 6.07) is 0. The fourth-order valence-corrected chi connectivity index (χ4v) is 5.95. The molecule has 0 aliphatic carbocycles. The molecular formula is C39H74O4. The summed E-state index contributed by atoms with van der Waals surface area (Å²) in [6.45, 7) is 10.6. The van der Waals surface area contributed by atoms with Crippen molar-refractivity contribution in [2.45, 2.75) is 213 Å². The average molecular weight is 607 g/mol. The van der Waals surface area contributed by atoms with Crippen LogP contribution in [0.1, 0.15) is 207 Å². The van der Waals surface area contributed by atoms with Crippen LogP contribution in [0.25, 0.3) is 0 Å². The molecule has 4 heteroatoms. The van der Waals surface area contributed by atoms with Crippen molar-refractivity contribution in [1.29, 1.82) is 0 Å². The van der Waals surface area contributed by atoms with Gasteiger partial charge < -0.3 is 9.84 Å². The molecule has 0 amide bonds. The number of carbonyl (C=O) groups excluding carboxylic acids is 2. The smallest absolute Gasteiger partial charge is 0.346 e. The van der Waals surface area contributed by atoms with Gasteiger partial charge in [0.05, 0.1) is 6.61 Å². The zero-order chi connectivity index (χ0) is 31.9. The van der Waals surface area contributed by atoms with Gasteiger partial charge in [-0.3, -0.25) is 4.79 Å². The molecule has 0 rings (SSSR count). The Hall–Kier alpha value is -1.16. The first kappa shape index (κ1) is 41.8. The predicted octanol–water partition coefficient (Wildman–Crippen LogP) is 12.0. The Morgan fingerprint density at radius 1 is 0.605 bits per heavy atom. The maximum absolute atomic E-state index is 12.7. The van der Waals surface area contributed by atoms with E-state index >= 15 is 0 Å². The van der Waals surface area contributed by atoms with E-state index in [4.69, 9.17) is 4.74 Å². The molecule has 0 bridgehead atoms. The van der Waals surface area contributed by atoms with E-state index in [1.165, 1.54) is 141 Å². The van der Waals surface area contributed by atoms with Gasteiger partial charge in [-0.15, -0.1) is 0 Å². The lowest BCUT2D eigenvalue weighted by atomic mass is 9.91. The summed E-state index contributed by atoms with van der Waals surface area (Å²) in [6.07, 6.45) is 36.2. The van der Waals surface area contributed by atoms with Crippen LogP contribution in [0.2, 0.25) is 0 Å². The lowest BCUT2D eigenvalue weighted by Crippen LogP contribution is -2.47. The van der Waals surface area contributed by atoms with Crippen LogP contribution in [0.15, 0.2) is 12.7 Å². The molecule has 0 heterocycles. The molecule has 0 aliphatic rings. The number of aliphatic hydroxyl groups is 1. The minimum atomic E-state index is -2.08. The maximum atomic E-state index is 12.7. The quantitative estimate of drug-likeness (QED) is 0.0342. The van der Waals surface area contributed by atoms with Crippen molar-refractivity contribution in [2.75, 3.05) is 6.61 Å². The SMILES string of the molecule is C=CC(=O)C(O)(CCCCCCCCCCCCCCCC)C(=O)OCCCCCCCCCCCCCCCC(C)C. The van der Waals surface area contributed by atoms with Crippen LogP contribution in [0.4, 0.5) is 0 Å². The number of ketones is 1. The van der Waals surface area contributed by atoms with Gasteiger partial charge in [0, 0.05) is 0 Å². The Labute approximate surface area is 268 Å². The van der Waals surface area contributed by atoms with Crippen molar-refractivity contribution in [2.24, 2.45) is 5.92 Å². The molecule has 1 N–H and O–H groups in total. The van der Waals surface area contributed by atoms with Crippen LogP contribution in [0.3, 0.4) is 0 Å². The Kier molecular flexibility index (Phi) is 30.0. The van der Waals surface area contributed by atoms with Gasteiger partial charge in [0.1, 0.15) is 0 Å². The van der Waals surface area contributed by atoms with Crippen molar-refractivity contribution >= 4 is 11.8 Å². The van der Waals surface area contributed by atoms with E-state index in [0.29, 0.717) is 6.42 Å². The van der Waals surface area contributed by atoms with Crippen LogP contribution in [0, 0.1) is 5.92 Å². The van der Waals surface area contributed by atoms with Gasteiger partial charge in [0.25, 0.3) is 0 Å². The average Bonchev–Trinajstić information content (AvgIpc) is 3.00. The molecule has 1 atom stereocenters. The number of unbranched alkanes of at least 4 members (excludes halogenated alkanes) is 25. The van der Waals surface area contributed by atoms with E-state index in [2.05, 4.69) is 27.4 Å². The largest absolute Gasteiger partial charge is 0.463 e. The summed E-state index contributed by atoms with van der Waals surface area (Å²) in [7, 11) is 0. The molecule has 0 aromatic heterocycles. The highest BCUT2D eigenvalue weighted by molar-refractivity contribution is 6.11. The number of esters is 1. The normalized spacial score (nSPS) is 12.9. The maximum Gasteiger partial charge on any atom is 0.346 e. The molecule has 1 unspecified atom stereocenters. The van der Waals surface area contributed by atoms with Crippen LogP contribution >= 0.6 is 0 Å². The van der Waals surface area contributed by atoms with Gasteiger partial charge >= 0.3 is 5.97 Å². The molecular weight excluding hydrogens is 532 g/mol. The lowest BCUT2D eigenvalue weighted by Gasteiger charge is -2.23. The van der Waals surface area contributed by atoms with Crippen molar-refractivity contribution < 1.29 is 19.4 Å². The number of hydrogen-bond donors (Lipinski definition) is 1. The second-order valence-electron chi connectivity index (χ2n) is 13.7. The molecule has 0 radical (unpaired) electrons. The number of carbonyl (C=O) groups is 2. The predicted molar refractivity (Wildman–Crippen MR) is 186 cm³/mol. The van der Waals surface area contributed by atoms with Crippen molar-refractivity contribution in [3.8, 4) is 0 Å². The summed E-state index contributed by atoms with van der Waals surface area (Å²) in [5, 5.41) is 10.9. The number of rotatable bonds is 34. The third kappa shape index (κ3) is 25.8. The molecule has 0 saturated heterocycles. The van der Waals surface area contributed by atoms with Gasteiger partial charge in [-0.05, 0) is 31.3 Å². The van der Waals surface area contributed by atoms with Crippen LogP contribution in [0.5, 0.6) is 0 Å². The lowest BCUT2D eigenvalue weighted by molar-refractivity contribution is -0.170. The monoisotopic (exact) mass is 607 g/mol. The van der Waals surface area contributed by atoms with E-state index in [9.17, 15) is 14.7 Å². The van der Waals surface area contributed by atoms with Gasteiger partial charge in [-0.25, -0.2) is 4.79 Å². The molecule has 0 aromatic rings. The first-order chi connectivity index (χ1) is 20.9. The molecule has 0 aromatic carbocycles. The Balaban J connectivity index is 3.78. The topological polar surface area (TPSA) is 63.6 Å². The van der Waals surface area contributed by atoms with E-state index < -0.39 is 17.4 Å². The summed E-state index contributed by atoms with van der Waals surface area (Å²) in [5.41, 5.74) is -2.08. The zero-order valence-corrected chi connectivity index (χ0v) is 29.2. The summed E-state index contributed by atoms with van der Waals surface area (Å²) in [4.78, 5) is 25.0. The fourth-order valence-electron chi connectivity index (χ4n) is 5.95. The van der Waals surface area contributed by atoms with Crippen LogP contribution in [-0.2, 0) is 14.3 Å². The molecule has 0 aliphatic heterocycles. The fraction of sp³-hybridized carbons (Fsp3) is 0.897.